The third-order valence-corrected chi connectivity index (χ3v) is 3.53. The van der Waals surface area contributed by atoms with E-state index >= 15 is 0 Å². The van der Waals surface area contributed by atoms with Gasteiger partial charge in [-0.3, -0.25) is 4.79 Å². The van der Waals surface area contributed by atoms with Crippen LogP contribution in [0.2, 0.25) is 0 Å². The number of carbonyl (C=O) groups excluding carboxylic acids is 1. The molecular weight excluding hydrogens is 236 g/mol. The molecule has 3 nitrogen and oxygen atoms in total. The largest absolute Gasteiger partial charge is 0.338 e. The summed E-state index contributed by atoms with van der Waals surface area (Å²) >= 11 is 0. The highest BCUT2D eigenvalue weighted by molar-refractivity contribution is 5.82. The van der Waals surface area contributed by atoms with Gasteiger partial charge in [0, 0.05) is 19.6 Å². The highest BCUT2D eigenvalue weighted by Gasteiger charge is 2.27. The second kappa shape index (κ2) is 6.02. The summed E-state index contributed by atoms with van der Waals surface area (Å²) in [6.07, 6.45) is 0.779. The molecule has 1 aliphatic heterocycles. The molecule has 19 heavy (non-hydrogen) atoms. The van der Waals surface area contributed by atoms with Crippen LogP contribution in [-0.4, -0.2) is 29.9 Å². The van der Waals surface area contributed by atoms with Crippen LogP contribution in [0, 0.1) is 0 Å². The first-order valence-corrected chi connectivity index (χ1v) is 6.85. The van der Waals surface area contributed by atoms with Gasteiger partial charge in [-0.15, -0.1) is 0 Å². The average molecular weight is 258 g/mol. The molecule has 0 bridgehead atoms. The molecule has 1 unspecified atom stereocenters. The van der Waals surface area contributed by atoms with Gasteiger partial charge in [0.05, 0.1) is 6.04 Å². The van der Waals surface area contributed by atoms with Crippen LogP contribution < -0.4 is 5.32 Å². The molecule has 0 fully saturated rings. The third-order valence-electron chi connectivity index (χ3n) is 3.53. The third kappa shape index (κ3) is 3.24. The second-order valence-corrected chi connectivity index (χ2v) is 5.22. The topological polar surface area (TPSA) is 32.3 Å². The summed E-state index contributed by atoms with van der Waals surface area (Å²) in [4.78, 5) is 14.4. The zero-order valence-electron chi connectivity index (χ0n) is 11.8. The van der Waals surface area contributed by atoms with Gasteiger partial charge in [0.25, 0.3) is 0 Å². The van der Waals surface area contributed by atoms with Crippen LogP contribution in [0.25, 0.3) is 0 Å². The van der Waals surface area contributed by atoms with E-state index < -0.39 is 0 Å². The van der Waals surface area contributed by atoms with Gasteiger partial charge < -0.3 is 10.2 Å². The Bertz CT molecular complexity index is 481. The number of rotatable bonds is 4. The Morgan fingerprint density at radius 2 is 2.11 bits per heavy atom. The predicted octanol–water partition coefficient (Wildman–Crippen LogP) is 2.13. The van der Waals surface area contributed by atoms with Gasteiger partial charge in [-0.05, 0) is 31.4 Å². The summed E-state index contributed by atoms with van der Waals surface area (Å²) in [5.41, 5.74) is 3.60. The predicted molar refractivity (Wildman–Crippen MR) is 77.8 cm³/mol. The van der Waals surface area contributed by atoms with Crippen molar-refractivity contribution in [3.8, 4) is 0 Å². The number of fused-ring (bicyclic) bond motifs is 1. The molecule has 0 spiro atoms. The first-order valence-electron chi connectivity index (χ1n) is 6.85. The van der Waals surface area contributed by atoms with Crippen molar-refractivity contribution in [3.05, 3.63) is 47.5 Å². The highest BCUT2D eigenvalue weighted by Crippen LogP contribution is 2.17. The fourth-order valence-electron chi connectivity index (χ4n) is 2.52. The van der Waals surface area contributed by atoms with Crippen molar-refractivity contribution in [1.82, 2.24) is 10.2 Å². The molecule has 0 radical (unpaired) electrons. The maximum absolute atomic E-state index is 12.5. The second-order valence-electron chi connectivity index (χ2n) is 5.22. The van der Waals surface area contributed by atoms with Crippen LogP contribution in [0.3, 0.4) is 0 Å². The molecule has 1 aromatic carbocycles. The number of hydrogen-bond acceptors (Lipinski definition) is 2. The minimum atomic E-state index is -0.103. The first kappa shape index (κ1) is 13.8. The summed E-state index contributed by atoms with van der Waals surface area (Å²) in [6, 6.07) is 8.22. The van der Waals surface area contributed by atoms with Gasteiger partial charge in [0.1, 0.15) is 0 Å². The van der Waals surface area contributed by atoms with E-state index in [1.807, 2.05) is 30.9 Å². The molecule has 102 valence electrons. The zero-order valence-corrected chi connectivity index (χ0v) is 11.8. The lowest BCUT2D eigenvalue weighted by atomic mass is 9.95. The van der Waals surface area contributed by atoms with E-state index in [9.17, 15) is 4.79 Å². The lowest BCUT2D eigenvalue weighted by Gasteiger charge is -2.30. The molecule has 1 aromatic rings. The number of hydrogen-bond donors (Lipinski definition) is 1. The fraction of sp³-hybridized carbons (Fsp3) is 0.438. The van der Waals surface area contributed by atoms with Crippen molar-refractivity contribution in [2.24, 2.45) is 0 Å². The number of carbonyl (C=O) groups is 1. The minimum absolute atomic E-state index is 0.103. The van der Waals surface area contributed by atoms with E-state index in [1.54, 1.807) is 0 Å². The molecule has 3 heteroatoms. The summed E-state index contributed by atoms with van der Waals surface area (Å²) in [7, 11) is 0. The van der Waals surface area contributed by atoms with Crippen LogP contribution in [0.4, 0.5) is 0 Å². The Morgan fingerprint density at radius 3 is 2.74 bits per heavy atom. The van der Waals surface area contributed by atoms with Crippen molar-refractivity contribution >= 4 is 5.91 Å². The first-order chi connectivity index (χ1) is 9.11. The van der Waals surface area contributed by atoms with Crippen molar-refractivity contribution < 1.29 is 4.79 Å². The molecule has 1 atom stereocenters. The molecule has 0 aliphatic carbocycles. The number of benzene rings is 1. The van der Waals surface area contributed by atoms with Crippen LogP contribution >= 0.6 is 0 Å². The Morgan fingerprint density at radius 1 is 1.42 bits per heavy atom. The Balaban J connectivity index is 2.07. The standard InChI is InChI=1S/C16H22N2O/c1-4-18(11-12(2)3)16(19)15-9-13-7-5-6-8-14(13)10-17-15/h5-8,15,17H,2,4,9-11H2,1,3H3. The molecule has 1 heterocycles. The molecule has 0 saturated carbocycles. The smallest absolute Gasteiger partial charge is 0.240 e. The van der Waals surface area contributed by atoms with E-state index in [4.69, 9.17) is 0 Å². The maximum Gasteiger partial charge on any atom is 0.240 e. The monoisotopic (exact) mass is 258 g/mol. The average Bonchev–Trinajstić information content (AvgIpc) is 2.43. The van der Waals surface area contributed by atoms with E-state index in [0.29, 0.717) is 6.54 Å². The highest BCUT2D eigenvalue weighted by atomic mass is 16.2. The quantitative estimate of drug-likeness (QED) is 0.839. The number of nitrogens with zero attached hydrogens (tertiary/aromatic N) is 1. The number of likely N-dealkylation sites (N-methyl/N-ethyl adjacent to an activating group) is 1. The summed E-state index contributed by atoms with van der Waals surface area (Å²) in [5.74, 6) is 0.181. The van der Waals surface area contributed by atoms with Gasteiger partial charge in [-0.2, -0.15) is 0 Å². The van der Waals surface area contributed by atoms with Crippen molar-refractivity contribution in [1.29, 1.82) is 0 Å². The van der Waals surface area contributed by atoms with Crippen LogP contribution in [0.1, 0.15) is 25.0 Å². The van der Waals surface area contributed by atoms with Crippen LogP contribution in [0.5, 0.6) is 0 Å². The molecule has 2 rings (SSSR count). The van der Waals surface area contributed by atoms with Gasteiger partial charge in [0.15, 0.2) is 0 Å². The summed E-state index contributed by atoms with van der Waals surface area (Å²) in [6.45, 7) is 10.0. The lowest BCUT2D eigenvalue weighted by Crippen LogP contribution is -2.49. The Hall–Kier alpha value is -1.61. The van der Waals surface area contributed by atoms with Gasteiger partial charge in [-0.25, -0.2) is 0 Å². The van der Waals surface area contributed by atoms with E-state index in [1.165, 1.54) is 11.1 Å². The minimum Gasteiger partial charge on any atom is -0.338 e. The van der Waals surface area contributed by atoms with E-state index in [0.717, 1.165) is 25.1 Å². The van der Waals surface area contributed by atoms with Crippen LogP contribution in [0.15, 0.2) is 36.4 Å². The van der Waals surface area contributed by atoms with E-state index in [2.05, 4.69) is 24.0 Å². The molecule has 1 amide bonds. The normalized spacial score (nSPS) is 17.7. The SMILES string of the molecule is C=C(C)CN(CC)C(=O)C1Cc2ccccc2CN1. The number of amides is 1. The van der Waals surface area contributed by atoms with Gasteiger partial charge >= 0.3 is 0 Å². The molecule has 0 saturated heterocycles. The maximum atomic E-state index is 12.5. The molecule has 0 aromatic heterocycles. The molecule has 1 N–H and O–H groups in total. The van der Waals surface area contributed by atoms with Crippen LogP contribution in [-0.2, 0) is 17.8 Å². The van der Waals surface area contributed by atoms with Crippen molar-refractivity contribution in [2.75, 3.05) is 13.1 Å². The Labute approximate surface area is 115 Å². The number of nitrogens with one attached hydrogen (secondary N) is 1. The lowest BCUT2D eigenvalue weighted by molar-refractivity contribution is -0.133. The van der Waals surface area contributed by atoms with E-state index in [-0.39, 0.29) is 11.9 Å². The van der Waals surface area contributed by atoms with Gasteiger partial charge in [0.2, 0.25) is 5.91 Å². The van der Waals surface area contributed by atoms with Crippen molar-refractivity contribution in [3.63, 3.8) is 0 Å². The fourth-order valence-corrected chi connectivity index (χ4v) is 2.52. The summed E-state index contributed by atoms with van der Waals surface area (Å²) < 4.78 is 0. The molecular formula is C16H22N2O. The summed E-state index contributed by atoms with van der Waals surface area (Å²) in [5, 5.41) is 3.34. The Kier molecular flexibility index (Phi) is 4.38. The molecule has 1 aliphatic rings. The zero-order chi connectivity index (χ0) is 13.8. The van der Waals surface area contributed by atoms with Gasteiger partial charge in [-0.1, -0.05) is 36.4 Å². The van der Waals surface area contributed by atoms with Crippen molar-refractivity contribution in [2.45, 2.75) is 32.9 Å².